The number of hydrogen-bond donors (Lipinski definition) is 0. The smallest absolute Gasteiger partial charge is 0.374 e. The SMILES string of the molecule is COCCOCOOC(=O)c1c2ccccc2nc2ccccc12. The van der Waals surface area contributed by atoms with Crippen LogP contribution in [0.3, 0.4) is 0 Å². The molecule has 1 aromatic heterocycles. The van der Waals surface area contributed by atoms with E-state index in [1.807, 2.05) is 48.5 Å². The first-order valence-corrected chi connectivity index (χ1v) is 7.49. The Kier molecular flexibility index (Phi) is 5.32. The van der Waals surface area contributed by atoms with Crippen molar-refractivity contribution < 1.29 is 24.0 Å². The monoisotopic (exact) mass is 327 g/mol. The van der Waals surface area contributed by atoms with Gasteiger partial charge in [-0.25, -0.2) is 9.78 Å². The Morgan fingerprint density at radius 1 is 0.958 bits per heavy atom. The van der Waals surface area contributed by atoms with Crippen LogP contribution in [0, 0.1) is 0 Å². The van der Waals surface area contributed by atoms with Crippen molar-refractivity contribution in [1.29, 1.82) is 0 Å². The van der Waals surface area contributed by atoms with E-state index in [-0.39, 0.29) is 6.79 Å². The molecule has 0 amide bonds. The largest absolute Gasteiger partial charge is 0.382 e. The first kappa shape index (κ1) is 16.3. The number of carbonyl (C=O) groups is 1. The fourth-order valence-corrected chi connectivity index (χ4v) is 2.41. The summed E-state index contributed by atoms with van der Waals surface area (Å²) in [4.78, 5) is 26.8. The molecule has 6 nitrogen and oxygen atoms in total. The third-order valence-electron chi connectivity index (χ3n) is 3.49. The highest BCUT2D eigenvalue weighted by Gasteiger charge is 2.18. The van der Waals surface area contributed by atoms with E-state index in [2.05, 4.69) is 4.98 Å². The second-order valence-electron chi connectivity index (χ2n) is 5.03. The molecule has 6 heteroatoms. The van der Waals surface area contributed by atoms with Gasteiger partial charge in [-0.3, -0.25) is 4.89 Å². The van der Waals surface area contributed by atoms with Crippen molar-refractivity contribution in [2.75, 3.05) is 27.1 Å². The molecule has 0 bridgehead atoms. The fourth-order valence-electron chi connectivity index (χ4n) is 2.41. The van der Waals surface area contributed by atoms with Crippen LogP contribution in [0.1, 0.15) is 10.4 Å². The minimum absolute atomic E-state index is 0.157. The Labute approximate surface area is 138 Å². The summed E-state index contributed by atoms with van der Waals surface area (Å²) in [5.74, 6) is -0.583. The number of ether oxygens (including phenoxy) is 2. The quantitative estimate of drug-likeness (QED) is 0.218. The van der Waals surface area contributed by atoms with Crippen molar-refractivity contribution in [2.45, 2.75) is 0 Å². The first-order chi connectivity index (χ1) is 11.8. The van der Waals surface area contributed by atoms with Gasteiger partial charge in [-0.2, -0.15) is 4.89 Å². The van der Waals surface area contributed by atoms with Crippen LogP contribution >= 0.6 is 0 Å². The van der Waals surface area contributed by atoms with E-state index in [1.54, 1.807) is 7.11 Å². The van der Waals surface area contributed by atoms with Crippen molar-refractivity contribution in [3.63, 3.8) is 0 Å². The van der Waals surface area contributed by atoms with Crippen LogP contribution in [0.2, 0.25) is 0 Å². The number of para-hydroxylation sites is 2. The summed E-state index contributed by atoms with van der Waals surface area (Å²) in [6, 6.07) is 14.8. The lowest BCUT2D eigenvalue weighted by Gasteiger charge is -2.10. The van der Waals surface area contributed by atoms with Crippen molar-refractivity contribution in [1.82, 2.24) is 4.98 Å². The number of fused-ring (bicyclic) bond motifs is 2. The zero-order valence-electron chi connectivity index (χ0n) is 13.2. The summed E-state index contributed by atoms with van der Waals surface area (Å²) < 4.78 is 9.94. The number of aromatic nitrogens is 1. The van der Waals surface area contributed by atoms with Gasteiger partial charge >= 0.3 is 5.97 Å². The van der Waals surface area contributed by atoms with Crippen molar-refractivity contribution >= 4 is 27.8 Å². The Morgan fingerprint density at radius 3 is 2.21 bits per heavy atom. The van der Waals surface area contributed by atoms with Gasteiger partial charge in [0, 0.05) is 17.9 Å². The molecule has 0 aliphatic heterocycles. The van der Waals surface area contributed by atoms with Crippen LogP contribution in [-0.4, -0.2) is 38.1 Å². The number of pyridine rings is 1. The Balaban J connectivity index is 1.84. The molecular formula is C18H17NO5. The lowest BCUT2D eigenvalue weighted by Crippen LogP contribution is -2.11. The van der Waals surface area contributed by atoms with Gasteiger partial charge in [0.15, 0.2) is 6.79 Å². The van der Waals surface area contributed by atoms with Crippen molar-refractivity contribution in [3.8, 4) is 0 Å². The van der Waals surface area contributed by atoms with Crippen LogP contribution in [0.15, 0.2) is 48.5 Å². The zero-order chi connectivity index (χ0) is 16.8. The number of rotatable bonds is 7. The van der Waals surface area contributed by atoms with E-state index in [0.29, 0.717) is 29.5 Å². The third-order valence-corrected chi connectivity index (χ3v) is 3.49. The summed E-state index contributed by atoms with van der Waals surface area (Å²) in [5, 5.41) is 1.43. The summed E-state index contributed by atoms with van der Waals surface area (Å²) in [5.41, 5.74) is 1.87. The summed E-state index contributed by atoms with van der Waals surface area (Å²) in [7, 11) is 1.57. The molecule has 0 saturated heterocycles. The van der Waals surface area contributed by atoms with Gasteiger partial charge in [0.2, 0.25) is 0 Å². The van der Waals surface area contributed by atoms with Crippen LogP contribution in [-0.2, 0) is 19.2 Å². The molecule has 0 aliphatic carbocycles. The van der Waals surface area contributed by atoms with E-state index >= 15 is 0 Å². The molecule has 3 aromatic rings. The average molecular weight is 327 g/mol. The second kappa shape index (κ2) is 7.83. The fraction of sp³-hybridized carbons (Fsp3) is 0.222. The highest BCUT2D eigenvalue weighted by molar-refractivity contribution is 6.14. The van der Waals surface area contributed by atoms with Crippen molar-refractivity contribution in [2.24, 2.45) is 0 Å². The number of hydrogen-bond acceptors (Lipinski definition) is 6. The van der Waals surface area contributed by atoms with Gasteiger partial charge in [0.1, 0.15) is 0 Å². The normalized spacial score (nSPS) is 11.0. The predicted molar refractivity (Wildman–Crippen MR) is 88.4 cm³/mol. The molecule has 0 N–H and O–H groups in total. The van der Waals surface area contributed by atoms with Crippen LogP contribution in [0.25, 0.3) is 21.8 Å². The van der Waals surface area contributed by atoms with Gasteiger partial charge < -0.3 is 9.47 Å². The van der Waals surface area contributed by atoms with Crippen LogP contribution in [0.5, 0.6) is 0 Å². The van der Waals surface area contributed by atoms with Gasteiger partial charge in [0.25, 0.3) is 0 Å². The minimum atomic E-state index is -0.583. The number of carbonyl (C=O) groups excluding carboxylic acids is 1. The molecule has 0 saturated carbocycles. The van der Waals surface area contributed by atoms with Crippen LogP contribution in [0.4, 0.5) is 0 Å². The van der Waals surface area contributed by atoms with Crippen LogP contribution < -0.4 is 0 Å². The molecule has 0 unspecified atom stereocenters. The molecule has 0 fully saturated rings. The highest BCUT2D eigenvalue weighted by Crippen LogP contribution is 2.26. The first-order valence-electron chi connectivity index (χ1n) is 7.49. The molecule has 124 valence electrons. The standard InChI is InChI=1S/C18H17NO5/c1-21-10-11-22-12-23-24-18(20)17-13-6-2-4-8-15(13)19-16-9-5-3-7-14(16)17/h2-9H,10-12H2,1H3. The predicted octanol–water partition coefficient (Wildman–Crippen LogP) is 3.10. The molecular weight excluding hydrogens is 310 g/mol. The van der Waals surface area contributed by atoms with E-state index in [0.717, 1.165) is 11.0 Å². The molecule has 0 atom stereocenters. The molecule has 1 heterocycles. The molecule has 24 heavy (non-hydrogen) atoms. The van der Waals surface area contributed by atoms with E-state index in [4.69, 9.17) is 19.2 Å². The maximum absolute atomic E-state index is 12.5. The molecule has 0 radical (unpaired) electrons. The Morgan fingerprint density at radius 2 is 1.58 bits per heavy atom. The van der Waals surface area contributed by atoms with E-state index in [9.17, 15) is 4.79 Å². The van der Waals surface area contributed by atoms with Gasteiger partial charge in [0.05, 0.1) is 29.8 Å². The van der Waals surface area contributed by atoms with E-state index in [1.165, 1.54) is 0 Å². The highest BCUT2D eigenvalue weighted by atomic mass is 17.2. The number of methoxy groups -OCH3 is 1. The summed E-state index contributed by atoms with van der Waals surface area (Å²) in [6.45, 7) is 0.641. The van der Waals surface area contributed by atoms with E-state index < -0.39 is 5.97 Å². The third kappa shape index (κ3) is 3.51. The van der Waals surface area contributed by atoms with Gasteiger partial charge in [-0.1, -0.05) is 36.4 Å². The maximum atomic E-state index is 12.5. The molecule has 0 aliphatic rings. The minimum Gasteiger partial charge on any atom is -0.382 e. The van der Waals surface area contributed by atoms with Crippen molar-refractivity contribution in [3.05, 3.63) is 54.1 Å². The zero-order valence-corrected chi connectivity index (χ0v) is 13.2. The van der Waals surface area contributed by atoms with Gasteiger partial charge in [-0.15, -0.1) is 0 Å². The Hall–Kier alpha value is -2.54. The molecule has 3 rings (SSSR count). The topological polar surface area (TPSA) is 66.9 Å². The maximum Gasteiger partial charge on any atom is 0.374 e. The Bertz CT molecular complexity index is 795. The summed E-state index contributed by atoms with van der Waals surface area (Å²) in [6.07, 6.45) is 0. The molecule has 2 aromatic carbocycles. The average Bonchev–Trinajstić information content (AvgIpc) is 2.62. The van der Waals surface area contributed by atoms with Gasteiger partial charge in [-0.05, 0) is 12.1 Å². The number of benzene rings is 2. The lowest BCUT2D eigenvalue weighted by atomic mass is 10.0. The molecule has 0 spiro atoms. The lowest BCUT2D eigenvalue weighted by molar-refractivity contribution is -0.292. The summed E-state index contributed by atoms with van der Waals surface area (Å²) >= 11 is 0. The number of nitrogens with zero attached hydrogens (tertiary/aromatic N) is 1. The second-order valence-corrected chi connectivity index (χ2v) is 5.03.